The Balaban J connectivity index is 1.49. The Morgan fingerprint density at radius 1 is 1.10 bits per heavy atom. The van der Waals surface area contributed by atoms with Crippen molar-refractivity contribution in [1.82, 2.24) is 10.2 Å². The third kappa shape index (κ3) is 2.42. The summed E-state index contributed by atoms with van der Waals surface area (Å²) in [6, 6.07) is 1.14. The maximum Gasteiger partial charge on any atom is 0.223 e. The lowest BCUT2D eigenvalue weighted by atomic mass is 9.53. The number of carbonyl (C=O) groups excluding carboxylic acids is 1. The van der Waals surface area contributed by atoms with E-state index in [9.17, 15) is 4.79 Å². The summed E-state index contributed by atoms with van der Waals surface area (Å²) >= 11 is 0. The van der Waals surface area contributed by atoms with Gasteiger partial charge in [0.1, 0.15) is 0 Å². The van der Waals surface area contributed by atoms with E-state index in [4.69, 9.17) is 0 Å². The second-order valence-electron chi connectivity index (χ2n) is 8.06. The molecule has 5 rings (SSSR count). The highest BCUT2D eigenvalue weighted by Gasteiger charge is 2.52. The molecule has 118 valence electrons. The van der Waals surface area contributed by atoms with Crippen molar-refractivity contribution < 1.29 is 4.79 Å². The predicted octanol–water partition coefficient (Wildman–Crippen LogP) is 2.80. The van der Waals surface area contributed by atoms with Gasteiger partial charge in [0.05, 0.1) is 0 Å². The fourth-order valence-electron chi connectivity index (χ4n) is 6.25. The molecule has 4 bridgehead atoms. The number of carbonyl (C=O) groups is 1. The van der Waals surface area contributed by atoms with Gasteiger partial charge < -0.3 is 10.2 Å². The first-order chi connectivity index (χ1) is 10.3. The van der Waals surface area contributed by atoms with E-state index in [1.165, 1.54) is 32.1 Å². The first-order valence-corrected chi connectivity index (χ1v) is 9.28. The van der Waals surface area contributed by atoms with Gasteiger partial charge in [0, 0.05) is 18.5 Å². The van der Waals surface area contributed by atoms with E-state index in [0.717, 1.165) is 56.0 Å². The van der Waals surface area contributed by atoms with E-state index in [1.54, 1.807) is 0 Å². The molecule has 0 spiro atoms. The number of amides is 1. The topological polar surface area (TPSA) is 32.3 Å². The Bertz CT molecular complexity index is 380. The second kappa shape index (κ2) is 5.57. The van der Waals surface area contributed by atoms with Gasteiger partial charge in [0.15, 0.2) is 0 Å². The van der Waals surface area contributed by atoms with Crippen molar-refractivity contribution in [3.05, 3.63) is 0 Å². The van der Waals surface area contributed by atoms with Gasteiger partial charge in [-0.05, 0) is 81.7 Å². The zero-order valence-electron chi connectivity index (χ0n) is 13.4. The summed E-state index contributed by atoms with van der Waals surface area (Å²) in [7, 11) is 0. The molecule has 3 nitrogen and oxygen atoms in total. The van der Waals surface area contributed by atoms with Crippen molar-refractivity contribution >= 4 is 5.91 Å². The quantitative estimate of drug-likeness (QED) is 0.790. The van der Waals surface area contributed by atoms with Gasteiger partial charge in [-0.25, -0.2) is 0 Å². The average molecular weight is 290 g/mol. The van der Waals surface area contributed by atoms with Crippen LogP contribution in [0, 0.1) is 23.7 Å². The van der Waals surface area contributed by atoms with Crippen molar-refractivity contribution in [2.75, 3.05) is 13.1 Å². The third-order valence-electron chi connectivity index (χ3n) is 6.78. The molecular weight excluding hydrogens is 260 g/mol. The van der Waals surface area contributed by atoms with Gasteiger partial charge in [0.2, 0.25) is 5.91 Å². The number of likely N-dealkylation sites (tertiary alicyclic amines) is 1. The van der Waals surface area contributed by atoms with Crippen molar-refractivity contribution in [2.24, 2.45) is 23.7 Å². The SMILES string of the molecule is CCNCCC1CCC(=O)N1C1C2CC3CC(C2)CC1C3. The molecule has 5 fully saturated rings. The lowest BCUT2D eigenvalue weighted by molar-refractivity contribution is -0.142. The Kier molecular flexibility index (Phi) is 3.72. The molecule has 1 saturated heterocycles. The van der Waals surface area contributed by atoms with E-state index in [2.05, 4.69) is 17.1 Å². The fourth-order valence-corrected chi connectivity index (χ4v) is 6.25. The minimum Gasteiger partial charge on any atom is -0.336 e. The number of nitrogens with one attached hydrogen (secondary N) is 1. The van der Waals surface area contributed by atoms with Gasteiger partial charge in [-0.15, -0.1) is 0 Å². The van der Waals surface area contributed by atoms with Crippen LogP contribution in [-0.4, -0.2) is 36.0 Å². The number of nitrogens with zero attached hydrogens (tertiary/aromatic N) is 1. The van der Waals surface area contributed by atoms with Crippen LogP contribution in [0.1, 0.15) is 58.3 Å². The first kappa shape index (κ1) is 14.0. The van der Waals surface area contributed by atoms with Crippen molar-refractivity contribution in [2.45, 2.75) is 70.4 Å². The monoisotopic (exact) mass is 290 g/mol. The zero-order chi connectivity index (χ0) is 14.4. The van der Waals surface area contributed by atoms with E-state index in [0.29, 0.717) is 18.0 Å². The highest BCUT2D eigenvalue weighted by atomic mass is 16.2. The molecule has 1 heterocycles. The van der Waals surface area contributed by atoms with Crippen LogP contribution >= 0.6 is 0 Å². The lowest BCUT2D eigenvalue weighted by Gasteiger charge is -2.57. The average Bonchev–Trinajstić information content (AvgIpc) is 2.80. The van der Waals surface area contributed by atoms with Crippen LogP contribution < -0.4 is 5.32 Å². The van der Waals surface area contributed by atoms with Crippen molar-refractivity contribution in [3.8, 4) is 0 Å². The summed E-state index contributed by atoms with van der Waals surface area (Å²) in [4.78, 5) is 14.9. The minimum atomic E-state index is 0.467. The van der Waals surface area contributed by atoms with Crippen LogP contribution in [0.15, 0.2) is 0 Å². The number of rotatable bonds is 5. The molecule has 21 heavy (non-hydrogen) atoms. The van der Waals surface area contributed by atoms with Crippen molar-refractivity contribution in [1.29, 1.82) is 0 Å². The molecule has 4 aliphatic carbocycles. The standard InChI is InChI=1S/C18H30N2O/c1-2-19-6-5-16-3-4-17(21)20(16)18-14-8-12-7-13(10-14)11-15(18)9-12/h12-16,18-19H,2-11H2,1H3. The van der Waals surface area contributed by atoms with Crippen LogP contribution in [0.4, 0.5) is 0 Å². The Morgan fingerprint density at radius 3 is 2.38 bits per heavy atom. The summed E-state index contributed by atoms with van der Waals surface area (Å²) in [5, 5.41) is 3.44. The largest absolute Gasteiger partial charge is 0.336 e. The summed E-state index contributed by atoms with van der Waals surface area (Å²) in [5.41, 5.74) is 0. The second-order valence-corrected chi connectivity index (χ2v) is 8.06. The molecule has 1 unspecified atom stereocenters. The highest BCUT2D eigenvalue weighted by molar-refractivity contribution is 5.79. The Morgan fingerprint density at radius 2 is 1.76 bits per heavy atom. The number of hydrogen-bond donors (Lipinski definition) is 1. The van der Waals surface area contributed by atoms with Crippen molar-refractivity contribution in [3.63, 3.8) is 0 Å². The molecule has 4 saturated carbocycles. The molecule has 5 aliphatic rings. The molecule has 0 aromatic heterocycles. The van der Waals surface area contributed by atoms with E-state index >= 15 is 0 Å². The molecule has 1 amide bonds. The molecule has 0 radical (unpaired) electrons. The Hall–Kier alpha value is -0.570. The van der Waals surface area contributed by atoms with Gasteiger partial charge in [-0.2, -0.15) is 0 Å². The molecule has 0 aromatic carbocycles. The van der Waals surface area contributed by atoms with Gasteiger partial charge in [0.25, 0.3) is 0 Å². The van der Waals surface area contributed by atoms with Crippen LogP contribution in [0.3, 0.4) is 0 Å². The summed E-state index contributed by atoms with van der Waals surface area (Å²) in [6.07, 6.45) is 10.2. The molecule has 1 atom stereocenters. The first-order valence-electron chi connectivity index (χ1n) is 9.28. The maximum absolute atomic E-state index is 12.5. The molecule has 0 aromatic rings. The van der Waals surface area contributed by atoms with E-state index < -0.39 is 0 Å². The summed E-state index contributed by atoms with van der Waals surface area (Å²) < 4.78 is 0. The molecule has 1 N–H and O–H groups in total. The normalized spacial score (nSPS) is 44.8. The van der Waals surface area contributed by atoms with Gasteiger partial charge >= 0.3 is 0 Å². The Labute approximate surface area is 128 Å². The molecular formula is C18H30N2O. The van der Waals surface area contributed by atoms with Gasteiger partial charge in [-0.1, -0.05) is 6.92 Å². The predicted molar refractivity (Wildman–Crippen MR) is 83.9 cm³/mol. The van der Waals surface area contributed by atoms with Crippen LogP contribution in [0.5, 0.6) is 0 Å². The van der Waals surface area contributed by atoms with Crippen LogP contribution in [0.25, 0.3) is 0 Å². The van der Waals surface area contributed by atoms with E-state index in [1.807, 2.05) is 0 Å². The zero-order valence-corrected chi connectivity index (χ0v) is 13.4. The van der Waals surface area contributed by atoms with Crippen LogP contribution in [0.2, 0.25) is 0 Å². The van der Waals surface area contributed by atoms with E-state index in [-0.39, 0.29) is 0 Å². The van der Waals surface area contributed by atoms with Gasteiger partial charge in [-0.3, -0.25) is 4.79 Å². The summed E-state index contributed by atoms with van der Waals surface area (Å²) in [6.45, 7) is 4.27. The minimum absolute atomic E-state index is 0.467. The number of hydrogen-bond acceptors (Lipinski definition) is 2. The maximum atomic E-state index is 12.5. The third-order valence-corrected chi connectivity index (χ3v) is 6.78. The molecule has 1 aliphatic heterocycles. The smallest absolute Gasteiger partial charge is 0.223 e. The lowest BCUT2D eigenvalue weighted by Crippen LogP contribution is -2.58. The van der Waals surface area contributed by atoms with Crippen LogP contribution in [-0.2, 0) is 4.79 Å². The molecule has 3 heteroatoms. The summed E-state index contributed by atoms with van der Waals surface area (Å²) in [5.74, 6) is 4.15. The highest BCUT2D eigenvalue weighted by Crippen LogP contribution is 2.56. The fraction of sp³-hybridized carbons (Fsp3) is 0.944.